The molecule has 1 aliphatic heterocycles. The molecule has 0 aromatic heterocycles. The highest BCUT2D eigenvalue weighted by atomic mass is 79.9. The molecule has 22 heavy (non-hydrogen) atoms. The summed E-state index contributed by atoms with van der Waals surface area (Å²) in [6.07, 6.45) is -0.205. The van der Waals surface area contributed by atoms with Crippen LogP contribution in [0.2, 0.25) is 0 Å². The molecule has 1 aromatic rings. The number of piperazine rings is 1. The summed E-state index contributed by atoms with van der Waals surface area (Å²) in [6, 6.07) is 6.42. The smallest absolute Gasteiger partial charge is 0.410 e. The largest absolute Gasteiger partial charge is 0.444 e. The molecule has 1 aliphatic rings. The van der Waals surface area contributed by atoms with Crippen molar-refractivity contribution < 1.29 is 9.53 Å². The summed E-state index contributed by atoms with van der Waals surface area (Å²) in [4.78, 5) is 16.2. The Morgan fingerprint density at radius 3 is 2.45 bits per heavy atom. The molecule has 0 bridgehead atoms. The van der Waals surface area contributed by atoms with Crippen LogP contribution >= 0.6 is 15.9 Å². The zero-order chi connectivity index (χ0) is 16.3. The zero-order valence-corrected chi connectivity index (χ0v) is 15.4. The number of ether oxygens (including phenoxy) is 1. The van der Waals surface area contributed by atoms with Crippen LogP contribution in [-0.4, -0.2) is 47.7 Å². The first-order valence-electron chi connectivity index (χ1n) is 7.70. The summed E-state index contributed by atoms with van der Waals surface area (Å²) in [5, 5.41) is 0. The van der Waals surface area contributed by atoms with Gasteiger partial charge < -0.3 is 9.64 Å². The van der Waals surface area contributed by atoms with Gasteiger partial charge in [-0.3, -0.25) is 4.90 Å². The van der Waals surface area contributed by atoms with Gasteiger partial charge in [0.1, 0.15) is 5.60 Å². The molecule has 0 N–H and O–H groups in total. The van der Waals surface area contributed by atoms with Gasteiger partial charge in [0.2, 0.25) is 0 Å². The Labute approximate surface area is 141 Å². The third kappa shape index (κ3) is 4.99. The molecule has 0 saturated carbocycles. The predicted octanol–water partition coefficient (Wildman–Crippen LogP) is 3.81. The van der Waals surface area contributed by atoms with E-state index in [1.54, 1.807) is 4.90 Å². The van der Waals surface area contributed by atoms with Crippen molar-refractivity contribution >= 4 is 22.0 Å². The van der Waals surface area contributed by atoms with Crippen molar-refractivity contribution in [2.45, 2.75) is 39.8 Å². The Morgan fingerprint density at radius 2 is 1.86 bits per heavy atom. The molecule has 1 amide bonds. The summed E-state index contributed by atoms with van der Waals surface area (Å²) in [5.41, 5.74) is 2.14. The quantitative estimate of drug-likeness (QED) is 0.795. The van der Waals surface area contributed by atoms with Crippen molar-refractivity contribution in [1.82, 2.24) is 9.80 Å². The Kier molecular flexibility index (Phi) is 5.50. The van der Waals surface area contributed by atoms with Gasteiger partial charge in [-0.15, -0.1) is 0 Å². The SMILES string of the molecule is Cc1ccc(Br)c(CN2CCN(C(=O)OC(C)(C)C)CC2)c1. The average molecular weight is 369 g/mol. The number of hydrogen-bond acceptors (Lipinski definition) is 3. The summed E-state index contributed by atoms with van der Waals surface area (Å²) in [5.74, 6) is 0. The van der Waals surface area contributed by atoms with Crippen molar-refractivity contribution in [1.29, 1.82) is 0 Å². The van der Waals surface area contributed by atoms with Crippen molar-refractivity contribution in [3.63, 3.8) is 0 Å². The van der Waals surface area contributed by atoms with Gasteiger partial charge in [-0.25, -0.2) is 4.79 Å². The van der Waals surface area contributed by atoms with Gasteiger partial charge in [0, 0.05) is 37.2 Å². The first-order chi connectivity index (χ1) is 10.2. The number of carbonyl (C=O) groups excluding carboxylic acids is 1. The maximum Gasteiger partial charge on any atom is 0.410 e. The molecule has 0 radical (unpaired) electrons. The molecular formula is C17H25BrN2O2. The van der Waals surface area contributed by atoms with E-state index in [1.165, 1.54) is 11.1 Å². The van der Waals surface area contributed by atoms with Crippen LogP contribution in [0, 0.1) is 6.92 Å². The topological polar surface area (TPSA) is 32.8 Å². The molecule has 0 aliphatic carbocycles. The van der Waals surface area contributed by atoms with Crippen molar-refractivity contribution in [3.05, 3.63) is 33.8 Å². The van der Waals surface area contributed by atoms with Gasteiger partial charge in [0.15, 0.2) is 0 Å². The number of halogens is 1. The standard InChI is InChI=1S/C17H25BrN2O2/c1-13-5-6-15(18)14(11-13)12-19-7-9-20(10-8-19)16(21)22-17(2,3)4/h5-6,11H,7-10,12H2,1-4H3. The van der Waals surface area contributed by atoms with Gasteiger partial charge >= 0.3 is 6.09 Å². The van der Waals surface area contributed by atoms with E-state index in [-0.39, 0.29) is 6.09 Å². The number of hydrogen-bond donors (Lipinski definition) is 0. The van der Waals surface area contributed by atoms with E-state index in [4.69, 9.17) is 4.74 Å². The zero-order valence-electron chi connectivity index (χ0n) is 13.9. The van der Waals surface area contributed by atoms with Gasteiger partial charge in [-0.1, -0.05) is 33.6 Å². The lowest BCUT2D eigenvalue weighted by atomic mass is 10.1. The second kappa shape index (κ2) is 7.01. The van der Waals surface area contributed by atoms with E-state index in [0.29, 0.717) is 0 Å². The van der Waals surface area contributed by atoms with Crippen LogP contribution in [0.5, 0.6) is 0 Å². The first-order valence-corrected chi connectivity index (χ1v) is 8.49. The fraction of sp³-hybridized carbons (Fsp3) is 0.588. The number of rotatable bonds is 2. The number of nitrogens with zero attached hydrogens (tertiary/aromatic N) is 2. The molecule has 1 saturated heterocycles. The molecule has 4 nitrogen and oxygen atoms in total. The summed E-state index contributed by atoms with van der Waals surface area (Å²) >= 11 is 3.61. The molecule has 0 unspecified atom stereocenters. The molecule has 0 spiro atoms. The molecule has 1 fully saturated rings. The molecule has 1 aromatic carbocycles. The predicted molar refractivity (Wildman–Crippen MR) is 92.0 cm³/mol. The molecular weight excluding hydrogens is 344 g/mol. The van der Waals surface area contributed by atoms with Crippen LogP contribution in [0.3, 0.4) is 0 Å². The number of aryl methyl sites for hydroxylation is 1. The van der Waals surface area contributed by atoms with Gasteiger partial charge in [-0.05, 0) is 39.3 Å². The molecule has 0 atom stereocenters. The highest BCUT2D eigenvalue weighted by Crippen LogP contribution is 2.21. The minimum absolute atomic E-state index is 0.205. The lowest BCUT2D eigenvalue weighted by molar-refractivity contribution is 0.0139. The van der Waals surface area contributed by atoms with Crippen molar-refractivity contribution in [2.75, 3.05) is 26.2 Å². The highest BCUT2D eigenvalue weighted by molar-refractivity contribution is 9.10. The van der Waals surface area contributed by atoms with Crippen LogP contribution in [0.15, 0.2) is 22.7 Å². The van der Waals surface area contributed by atoms with Crippen LogP contribution in [0.1, 0.15) is 31.9 Å². The second-order valence-electron chi connectivity index (χ2n) is 6.84. The van der Waals surface area contributed by atoms with E-state index in [1.807, 2.05) is 20.8 Å². The molecule has 5 heteroatoms. The van der Waals surface area contributed by atoms with E-state index in [2.05, 4.69) is 46.0 Å². The third-order valence-corrected chi connectivity index (χ3v) is 4.39. The van der Waals surface area contributed by atoms with Gasteiger partial charge in [0.05, 0.1) is 0 Å². The lowest BCUT2D eigenvalue weighted by Gasteiger charge is -2.35. The number of amides is 1. The second-order valence-corrected chi connectivity index (χ2v) is 7.69. The number of carbonyl (C=O) groups is 1. The van der Waals surface area contributed by atoms with E-state index in [0.717, 1.165) is 37.2 Å². The summed E-state index contributed by atoms with van der Waals surface area (Å²) in [6.45, 7) is 11.9. The Morgan fingerprint density at radius 1 is 1.23 bits per heavy atom. The minimum atomic E-state index is -0.430. The maximum absolute atomic E-state index is 12.1. The van der Waals surface area contributed by atoms with Gasteiger partial charge in [-0.2, -0.15) is 0 Å². The van der Waals surface area contributed by atoms with E-state index < -0.39 is 5.60 Å². The monoisotopic (exact) mass is 368 g/mol. The van der Waals surface area contributed by atoms with E-state index in [9.17, 15) is 4.79 Å². The third-order valence-electron chi connectivity index (χ3n) is 3.62. The van der Waals surface area contributed by atoms with Crippen LogP contribution in [-0.2, 0) is 11.3 Å². The van der Waals surface area contributed by atoms with Crippen molar-refractivity contribution in [3.8, 4) is 0 Å². The van der Waals surface area contributed by atoms with Crippen LogP contribution < -0.4 is 0 Å². The van der Waals surface area contributed by atoms with Crippen LogP contribution in [0.25, 0.3) is 0 Å². The molecule has 122 valence electrons. The number of benzene rings is 1. The maximum atomic E-state index is 12.1. The summed E-state index contributed by atoms with van der Waals surface area (Å²) < 4.78 is 6.57. The lowest BCUT2D eigenvalue weighted by Crippen LogP contribution is -2.49. The Bertz CT molecular complexity index is 532. The average Bonchev–Trinajstić information content (AvgIpc) is 2.42. The Balaban J connectivity index is 1.87. The fourth-order valence-corrected chi connectivity index (χ4v) is 2.85. The summed E-state index contributed by atoms with van der Waals surface area (Å²) in [7, 11) is 0. The molecule has 1 heterocycles. The fourth-order valence-electron chi connectivity index (χ4n) is 2.48. The van der Waals surface area contributed by atoms with E-state index >= 15 is 0 Å². The normalized spacial score (nSPS) is 16.7. The van der Waals surface area contributed by atoms with Gasteiger partial charge in [0.25, 0.3) is 0 Å². The van der Waals surface area contributed by atoms with Crippen molar-refractivity contribution in [2.24, 2.45) is 0 Å². The minimum Gasteiger partial charge on any atom is -0.444 e. The highest BCUT2D eigenvalue weighted by Gasteiger charge is 2.25. The first kappa shape index (κ1) is 17.3. The Hall–Kier alpha value is -1.07. The van der Waals surface area contributed by atoms with Crippen LogP contribution in [0.4, 0.5) is 4.79 Å². The molecule has 2 rings (SSSR count).